The molecule has 11 nitrogen and oxygen atoms in total. The Bertz CT molecular complexity index is 950. The number of rotatable bonds is 8. The summed E-state index contributed by atoms with van der Waals surface area (Å²) in [5, 5.41) is 14.8. The van der Waals surface area contributed by atoms with Crippen molar-refractivity contribution in [3.63, 3.8) is 0 Å². The third-order valence-corrected chi connectivity index (χ3v) is 5.99. The van der Waals surface area contributed by atoms with Gasteiger partial charge in [-0.3, -0.25) is 9.09 Å². The van der Waals surface area contributed by atoms with Gasteiger partial charge in [-0.2, -0.15) is 5.10 Å². The van der Waals surface area contributed by atoms with Gasteiger partial charge in [0.05, 0.1) is 24.5 Å². The SMILES string of the molecule is CC(C)OC(=O)CO[P@@](C)(=O)OC[C@H]1O[C@@H](c2ccc3c(N)ncnn23)[C@@H](C)[C@@H]1O. The van der Waals surface area contributed by atoms with Crippen LogP contribution in [0.5, 0.6) is 0 Å². The molecule has 0 amide bonds. The van der Waals surface area contributed by atoms with E-state index in [1.165, 1.54) is 13.0 Å². The lowest BCUT2D eigenvalue weighted by Gasteiger charge is -2.19. The van der Waals surface area contributed by atoms with Gasteiger partial charge >= 0.3 is 13.6 Å². The zero-order valence-corrected chi connectivity index (χ0v) is 18.2. The number of anilines is 1. The lowest BCUT2D eigenvalue weighted by molar-refractivity contribution is -0.150. The molecule has 0 unspecified atom stereocenters. The first-order chi connectivity index (χ1) is 14.1. The van der Waals surface area contributed by atoms with Gasteiger partial charge in [0.1, 0.15) is 24.1 Å². The van der Waals surface area contributed by atoms with Crippen molar-refractivity contribution in [2.75, 3.05) is 25.6 Å². The molecule has 1 aliphatic heterocycles. The number of esters is 1. The number of ether oxygens (including phenoxy) is 2. The van der Waals surface area contributed by atoms with E-state index in [1.54, 1.807) is 24.4 Å². The van der Waals surface area contributed by atoms with E-state index in [2.05, 4.69) is 10.1 Å². The summed E-state index contributed by atoms with van der Waals surface area (Å²) in [7, 11) is -3.55. The van der Waals surface area contributed by atoms with Gasteiger partial charge in [-0.15, -0.1) is 0 Å². The van der Waals surface area contributed by atoms with E-state index < -0.39 is 38.5 Å². The number of aliphatic hydroxyl groups excluding tert-OH is 1. The summed E-state index contributed by atoms with van der Waals surface area (Å²) in [4.78, 5) is 15.5. The second kappa shape index (κ2) is 8.99. The van der Waals surface area contributed by atoms with Crippen LogP contribution in [-0.4, -0.2) is 63.9 Å². The lowest BCUT2D eigenvalue weighted by atomic mass is 9.97. The van der Waals surface area contributed by atoms with Crippen molar-refractivity contribution in [2.24, 2.45) is 5.92 Å². The summed E-state index contributed by atoms with van der Waals surface area (Å²) in [6, 6.07) is 3.59. The van der Waals surface area contributed by atoms with Gasteiger partial charge in [-0.1, -0.05) is 6.92 Å². The van der Waals surface area contributed by atoms with E-state index >= 15 is 0 Å². The Balaban J connectivity index is 1.62. The van der Waals surface area contributed by atoms with Gasteiger partial charge in [0, 0.05) is 12.6 Å². The van der Waals surface area contributed by atoms with Crippen molar-refractivity contribution < 1.29 is 33.0 Å². The number of nitrogen functional groups attached to an aromatic ring is 1. The van der Waals surface area contributed by atoms with Crippen LogP contribution in [0.25, 0.3) is 5.52 Å². The second-order valence-corrected chi connectivity index (χ2v) is 9.58. The van der Waals surface area contributed by atoms with Crippen molar-refractivity contribution in [2.45, 2.75) is 45.2 Å². The molecule has 0 aliphatic carbocycles. The molecule has 1 fully saturated rings. The lowest BCUT2D eigenvalue weighted by Crippen LogP contribution is -2.29. The molecular formula is C18H27N4O7P. The highest BCUT2D eigenvalue weighted by molar-refractivity contribution is 7.53. The summed E-state index contributed by atoms with van der Waals surface area (Å²) in [6.07, 6.45) is -1.05. The molecule has 30 heavy (non-hydrogen) atoms. The smallest absolute Gasteiger partial charge is 0.332 e. The molecule has 0 aromatic carbocycles. The van der Waals surface area contributed by atoms with Crippen molar-refractivity contribution >= 4 is 24.9 Å². The molecule has 1 aliphatic rings. The summed E-state index contributed by atoms with van der Waals surface area (Å²) < 4.78 is 35.4. The first-order valence-corrected chi connectivity index (χ1v) is 11.6. The molecule has 3 rings (SSSR count). The number of nitrogens with two attached hydrogens (primary N) is 1. The monoisotopic (exact) mass is 442 g/mol. The Hall–Kier alpha value is -2.04. The Morgan fingerprint density at radius 1 is 1.40 bits per heavy atom. The van der Waals surface area contributed by atoms with Gasteiger partial charge < -0.3 is 24.8 Å². The molecule has 2 aromatic heterocycles. The minimum atomic E-state index is -3.55. The average molecular weight is 442 g/mol. The zero-order chi connectivity index (χ0) is 22.1. The number of aliphatic hydroxyl groups is 1. The van der Waals surface area contributed by atoms with Crippen LogP contribution in [0, 0.1) is 5.92 Å². The minimum absolute atomic E-state index is 0.171. The van der Waals surface area contributed by atoms with Crippen LogP contribution in [0.4, 0.5) is 5.82 Å². The van der Waals surface area contributed by atoms with Gasteiger partial charge in [-0.05, 0) is 26.0 Å². The fourth-order valence-electron chi connectivity index (χ4n) is 3.29. The van der Waals surface area contributed by atoms with E-state index in [0.717, 1.165) is 0 Å². The molecular weight excluding hydrogens is 415 g/mol. The van der Waals surface area contributed by atoms with Crippen molar-refractivity contribution in [3.8, 4) is 0 Å². The van der Waals surface area contributed by atoms with E-state index in [0.29, 0.717) is 17.0 Å². The largest absolute Gasteiger partial charge is 0.461 e. The van der Waals surface area contributed by atoms with Crippen molar-refractivity contribution in [3.05, 3.63) is 24.2 Å². The van der Waals surface area contributed by atoms with Crippen LogP contribution in [0.2, 0.25) is 0 Å². The van der Waals surface area contributed by atoms with Crippen LogP contribution in [-0.2, 0) is 27.9 Å². The van der Waals surface area contributed by atoms with Crippen LogP contribution < -0.4 is 5.73 Å². The maximum Gasteiger partial charge on any atom is 0.332 e. The fourth-order valence-corrected chi connectivity index (χ4v) is 4.12. The van der Waals surface area contributed by atoms with Crippen molar-refractivity contribution in [1.29, 1.82) is 0 Å². The molecule has 12 heteroatoms. The van der Waals surface area contributed by atoms with Gasteiger partial charge in [-0.25, -0.2) is 14.3 Å². The predicted molar refractivity (Wildman–Crippen MR) is 107 cm³/mol. The number of nitrogens with zero attached hydrogens (tertiary/aromatic N) is 3. The molecule has 0 bridgehead atoms. The van der Waals surface area contributed by atoms with Crippen LogP contribution in [0.1, 0.15) is 32.6 Å². The molecule has 5 atom stereocenters. The number of fused-ring (bicyclic) bond motifs is 1. The Morgan fingerprint density at radius 2 is 2.13 bits per heavy atom. The standard InChI is InChI=1S/C18H27N4O7P/c1-10(2)28-15(23)8-27-30(4,25)26-7-14-16(24)11(3)17(29-14)12-5-6-13-18(19)20-9-21-22(12)13/h5-6,9-11,14,16-17,24H,7-8H2,1-4H3,(H2,19,20,21)/t11-,14+,16-,17+,30-/m0/s1. The number of hydrogen-bond donors (Lipinski definition) is 2. The Labute approximate surface area is 174 Å². The predicted octanol–water partition coefficient (Wildman–Crippen LogP) is 1.56. The highest BCUT2D eigenvalue weighted by Crippen LogP contribution is 2.46. The molecule has 3 heterocycles. The number of hydrogen-bond acceptors (Lipinski definition) is 10. The highest BCUT2D eigenvalue weighted by Gasteiger charge is 2.43. The summed E-state index contributed by atoms with van der Waals surface area (Å²) >= 11 is 0. The summed E-state index contributed by atoms with van der Waals surface area (Å²) in [6.45, 7) is 5.82. The number of aromatic nitrogens is 3. The third-order valence-electron chi connectivity index (χ3n) is 4.78. The average Bonchev–Trinajstić information content (AvgIpc) is 3.21. The first-order valence-electron chi connectivity index (χ1n) is 9.56. The molecule has 0 saturated carbocycles. The van der Waals surface area contributed by atoms with Gasteiger partial charge in [0.15, 0.2) is 12.4 Å². The molecule has 1 saturated heterocycles. The molecule has 3 N–H and O–H groups in total. The van der Waals surface area contributed by atoms with Crippen LogP contribution >= 0.6 is 7.60 Å². The second-order valence-electron chi connectivity index (χ2n) is 7.52. The van der Waals surface area contributed by atoms with E-state index in [4.69, 9.17) is 24.3 Å². The fraction of sp³-hybridized carbons (Fsp3) is 0.611. The molecule has 0 spiro atoms. The third kappa shape index (κ3) is 4.98. The molecule has 166 valence electrons. The zero-order valence-electron chi connectivity index (χ0n) is 17.3. The van der Waals surface area contributed by atoms with E-state index in [-0.39, 0.29) is 18.6 Å². The normalized spacial score (nSPS) is 26.2. The highest BCUT2D eigenvalue weighted by atomic mass is 31.2. The van der Waals surface area contributed by atoms with Gasteiger partial charge in [0.25, 0.3) is 0 Å². The maximum absolute atomic E-state index is 12.4. The number of carbonyl (C=O) groups excluding carboxylic acids is 1. The van der Waals surface area contributed by atoms with E-state index in [9.17, 15) is 14.5 Å². The Morgan fingerprint density at radius 3 is 2.83 bits per heavy atom. The first kappa shape index (κ1) is 22.6. The summed E-state index contributed by atoms with van der Waals surface area (Å²) in [5.41, 5.74) is 7.21. The Kier molecular flexibility index (Phi) is 6.78. The van der Waals surface area contributed by atoms with Crippen molar-refractivity contribution in [1.82, 2.24) is 14.6 Å². The molecule has 2 aromatic rings. The van der Waals surface area contributed by atoms with Crippen LogP contribution in [0.15, 0.2) is 18.5 Å². The minimum Gasteiger partial charge on any atom is -0.461 e. The van der Waals surface area contributed by atoms with Crippen LogP contribution in [0.3, 0.4) is 0 Å². The topological polar surface area (TPSA) is 148 Å². The maximum atomic E-state index is 12.4. The van der Waals surface area contributed by atoms with E-state index in [1.807, 2.05) is 13.0 Å². The summed E-state index contributed by atoms with van der Waals surface area (Å²) in [5.74, 6) is -0.587. The quantitative estimate of drug-likeness (QED) is 0.456. The number of carbonyl (C=O) groups is 1. The molecule has 0 radical (unpaired) electrons. The van der Waals surface area contributed by atoms with Gasteiger partial charge in [0.2, 0.25) is 0 Å².